The van der Waals surface area contributed by atoms with Crippen molar-refractivity contribution in [1.82, 2.24) is 14.8 Å². The molecule has 19 heavy (non-hydrogen) atoms. The number of rotatable bonds is 2. The maximum Gasteiger partial charge on any atom is 0.191 e. The van der Waals surface area contributed by atoms with Crippen molar-refractivity contribution in [3.63, 3.8) is 0 Å². The minimum atomic E-state index is 0.577. The molecule has 0 fully saturated rings. The summed E-state index contributed by atoms with van der Waals surface area (Å²) >= 11 is 7.81. The Hall–Kier alpha value is -1.85. The first kappa shape index (κ1) is 12.2. The average Bonchev–Trinajstić information content (AvgIpc) is 2.99. The van der Waals surface area contributed by atoms with E-state index in [1.54, 1.807) is 28.2 Å². The van der Waals surface area contributed by atoms with Crippen LogP contribution >= 0.6 is 22.9 Å². The Morgan fingerprint density at radius 3 is 2.79 bits per heavy atom. The zero-order valence-electron chi connectivity index (χ0n) is 10.2. The highest BCUT2D eigenvalue weighted by atomic mass is 35.5. The van der Waals surface area contributed by atoms with Gasteiger partial charge < -0.3 is 5.73 Å². The summed E-state index contributed by atoms with van der Waals surface area (Å²) in [6.45, 7) is 0. The number of benzene rings is 1. The van der Waals surface area contributed by atoms with E-state index in [1.165, 1.54) is 0 Å². The molecule has 0 aliphatic rings. The predicted molar refractivity (Wildman–Crippen MR) is 79.2 cm³/mol. The summed E-state index contributed by atoms with van der Waals surface area (Å²) in [6, 6.07) is 9.38. The van der Waals surface area contributed by atoms with Crippen molar-refractivity contribution < 1.29 is 0 Å². The Balaban J connectivity index is 2.17. The minimum Gasteiger partial charge on any atom is -0.398 e. The van der Waals surface area contributed by atoms with Crippen molar-refractivity contribution >= 4 is 28.6 Å². The fourth-order valence-electron chi connectivity index (χ4n) is 1.89. The van der Waals surface area contributed by atoms with Crippen molar-refractivity contribution in [2.45, 2.75) is 0 Å². The van der Waals surface area contributed by atoms with Gasteiger partial charge in [-0.25, -0.2) is 9.67 Å². The van der Waals surface area contributed by atoms with Crippen LogP contribution in [0.1, 0.15) is 0 Å². The van der Waals surface area contributed by atoms with Crippen LogP contribution in [0, 0.1) is 0 Å². The molecular weight excluding hydrogens is 280 g/mol. The normalized spacial score (nSPS) is 10.8. The van der Waals surface area contributed by atoms with E-state index in [-0.39, 0.29) is 0 Å². The van der Waals surface area contributed by atoms with Crippen LogP contribution in [0.5, 0.6) is 0 Å². The van der Waals surface area contributed by atoms with Gasteiger partial charge in [0.15, 0.2) is 11.6 Å². The molecule has 0 unspecified atom stereocenters. The topological polar surface area (TPSA) is 56.7 Å². The highest BCUT2D eigenvalue weighted by Gasteiger charge is 2.16. The summed E-state index contributed by atoms with van der Waals surface area (Å²) < 4.78 is 1.70. The lowest BCUT2D eigenvalue weighted by Gasteiger charge is -2.06. The molecule has 0 spiro atoms. The highest BCUT2D eigenvalue weighted by molar-refractivity contribution is 7.13. The lowest BCUT2D eigenvalue weighted by atomic mass is 10.1. The molecule has 3 rings (SSSR count). The molecule has 0 amide bonds. The first-order valence-electron chi connectivity index (χ1n) is 5.66. The molecule has 96 valence electrons. The summed E-state index contributed by atoms with van der Waals surface area (Å²) in [5.74, 6) is 1.36. The molecule has 0 aliphatic heterocycles. The van der Waals surface area contributed by atoms with Crippen LogP contribution in [0.4, 0.5) is 5.69 Å². The van der Waals surface area contributed by atoms with Gasteiger partial charge in [0.1, 0.15) is 0 Å². The maximum atomic E-state index is 6.21. The Labute approximate surface area is 119 Å². The standard InChI is InChI=1S/C13H11ClN4S/c1-18-13(11-8(14)4-2-5-9(11)15)16-12(17-18)10-6-3-7-19-10/h2-7H,15H2,1H3. The van der Waals surface area contributed by atoms with E-state index in [2.05, 4.69) is 10.1 Å². The van der Waals surface area contributed by atoms with Crippen molar-refractivity contribution in [3.05, 3.63) is 40.7 Å². The second-order valence-electron chi connectivity index (χ2n) is 4.06. The fraction of sp³-hybridized carbons (Fsp3) is 0.0769. The largest absolute Gasteiger partial charge is 0.398 e. The number of aryl methyl sites for hydroxylation is 1. The fourth-order valence-corrected chi connectivity index (χ4v) is 2.81. The summed E-state index contributed by atoms with van der Waals surface area (Å²) in [5.41, 5.74) is 7.31. The van der Waals surface area contributed by atoms with Crippen molar-refractivity contribution in [3.8, 4) is 22.1 Å². The predicted octanol–water partition coefficient (Wildman–Crippen LogP) is 3.45. The minimum absolute atomic E-state index is 0.577. The molecular formula is C13H11ClN4S. The first-order chi connectivity index (χ1) is 9.16. The monoisotopic (exact) mass is 290 g/mol. The number of thiophene rings is 1. The van der Waals surface area contributed by atoms with E-state index in [9.17, 15) is 0 Å². The molecule has 3 aromatic rings. The number of halogens is 1. The Kier molecular flexibility index (Phi) is 3.00. The van der Waals surface area contributed by atoms with E-state index in [0.29, 0.717) is 22.4 Å². The molecule has 6 heteroatoms. The van der Waals surface area contributed by atoms with Crippen molar-refractivity contribution in [1.29, 1.82) is 0 Å². The molecule has 0 saturated heterocycles. The van der Waals surface area contributed by atoms with Crippen LogP contribution in [-0.4, -0.2) is 14.8 Å². The number of nitrogens with zero attached hydrogens (tertiary/aromatic N) is 3. The molecule has 0 atom stereocenters. The van der Waals surface area contributed by atoms with Gasteiger partial charge in [-0.3, -0.25) is 0 Å². The SMILES string of the molecule is Cn1nc(-c2cccs2)nc1-c1c(N)cccc1Cl. The lowest BCUT2D eigenvalue weighted by Crippen LogP contribution is -1.98. The van der Waals surface area contributed by atoms with Gasteiger partial charge in [-0.05, 0) is 23.6 Å². The number of aromatic nitrogens is 3. The Bertz CT molecular complexity index is 698. The Morgan fingerprint density at radius 2 is 2.11 bits per heavy atom. The molecule has 2 N–H and O–H groups in total. The van der Waals surface area contributed by atoms with Crippen LogP contribution in [-0.2, 0) is 7.05 Å². The van der Waals surface area contributed by atoms with Gasteiger partial charge in [0, 0.05) is 12.7 Å². The highest BCUT2D eigenvalue weighted by Crippen LogP contribution is 2.33. The lowest BCUT2D eigenvalue weighted by molar-refractivity contribution is 0.778. The van der Waals surface area contributed by atoms with Gasteiger partial charge >= 0.3 is 0 Å². The summed E-state index contributed by atoms with van der Waals surface area (Å²) in [7, 11) is 1.84. The quantitative estimate of drug-likeness (QED) is 0.736. The number of nitrogen functional groups attached to an aromatic ring is 1. The molecule has 4 nitrogen and oxygen atoms in total. The molecule has 0 aliphatic carbocycles. The van der Waals surface area contributed by atoms with Gasteiger partial charge in [-0.2, -0.15) is 0 Å². The van der Waals surface area contributed by atoms with Crippen LogP contribution in [0.2, 0.25) is 5.02 Å². The molecule has 2 heterocycles. The maximum absolute atomic E-state index is 6.21. The van der Waals surface area contributed by atoms with Crippen molar-refractivity contribution in [2.75, 3.05) is 5.73 Å². The number of hydrogen-bond acceptors (Lipinski definition) is 4. The van der Waals surface area contributed by atoms with Gasteiger partial charge in [-0.1, -0.05) is 23.7 Å². The molecule has 0 radical (unpaired) electrons. The van der Waals surface area contributed by atoms with Gasteiger partial charge in [0.05, 0.1) is 15.5 Å². The average molecular weight is 291 g/mol. The Morgan fingerprint density at radius 1 is 1.26 bits per heavy atom. The summed E-state index contributed by atoms with van der Waals surface area (Å²) in [6.07, 6.45) is 0. The van der Waals surface area contributed by atoms with Crippen LogP contribution < -0.4 is 5.73 Å². The van der Waals surface area contributed by atoms with E-state index >= 15 is 0 Å². The second kappa shape index (κ2) is 4.68. The number of nitrogens with two attached hydrogens (primary N) is 1. The van der Waals surface area contributed by atoms with Crippen molar-refractivity contribution in [2.24, 2.45) is 7.05 Å². The van der Waals surface area contributed by atoms with Gasteiger partial charge in [0.2, 0.25) is 0 Å². The van der Waals surface area contributed by atoms with Crippen LogP contribution in [0.3, 0.4) is 0 Å². The molecule has 0 saturated carbocycles. The first-order valence-corrected chi connectivity index (χ1v) is 6.92. The van der Waals surface area contributed by atoms with Gasteiger partial charge in [-0.15, -0.1) is 16.4 Å². The molecule has 1 aromatic carbocycles. The zero-order chi connectivity index (χ0) is 13.4. The molecule has 2 aromatic heterocycles. The van der Waals surface area contributed by atoms with E-state index in [0.717, 1.165) is 10.4 Å². The summed E-state index contributed by atoms with van der Waals surface area (Å²) in [5, 5.41) is 6.99. The third-order valence-corrected chi connectivity index (χ3v) is 3.95. The number of anilines is 1. The van der Waals surface area contributed by atoms with E-state index in [1.807, 2.05) is 30.6 Å². The molecule has 0 bridgehead atoms. The number of hydrogen-bond donors (Lipinski definition) is 1. The third kappa shape index (κ3) is 2.11. The van der Waals surface area contributed by atoms with Gasteiger partial charge in [0.25, 0.3) is 0 Å². The van der Waals surface area contributed by atoms with E-state index < -0.39 is 0 Å². The van der Waals surface area contributed by atoms with Crippen LogP contribution in [0.25, 0.3) is 22.1 Å². The van der Waals surface area contributed by atoms with Crippen LogP contribution in [0.15, 0.2) is 35.7 Å². The third-order valence-electron chi connectivity index (χ3n) is 2.77. The van der Waals surface area contributed by atoms with E-state index in [4.69, 9.17) is 17.3 Å². The second-order valence-corrected chi connectivity index (χ2v) is 5.42. The zero-order valence-corrected chi connectivity index (χ0v) is 11.7. The summed E-state index contributed by atoms with van der Waals surface area (Å²) in [4.78, 5) is 5.56. The smallest absolute Gasteiger partial charge is 0.191 e.